The molecule has 0 radical (unpaired) electrons. The number of carboxylic acids is 1. The molecule has 4 heteroatoms. The van der Waals surface area contributed by atoms with Gasteiger partial charge in [0.05, 0.1) is 17.6 Å². The molecular formula is C30H48O4. The molecule has 5 rings (SSSR count). The number of hydrogen-bond donors (Lipinski definition) is 3. The molecule has 0 aromatic heterocycles. The Morgan fingerprint density at radius 2 is 1.62 bits per heavy atom. The first-order valence-electron chi connectivity index (χ1n) is 14.0. The van der Waals surface area contributed by atoms with E-state index in [1.165, 1.54) is 5.57 Å². The lowest BCUT2D eigenvalue weighted by Gasteiger charge is -2.71. The molecule has 5 aliphatic rings. The van der Waals surface area contributed by atoms with Crippen LogP contribution >= 0.6 is 0 Å². The zero-order chi connectivity index (χ0) is 25.1. The zero-order valence-electron chi connectivity index (χ0n) is 22.5. The third-order valence-electron chi connectivity index (χ3n) is 13.5. The van der Waals surface area contributed by atoms with E-state index >= 15 is 0 Å². The molecule has 5 aliphatic carbocycles. The van der Waals surface area contributed by atoms with Crippen molar-refractivity contribution in [3.05, 3.63) is 11.6 Å². The number of carboxylic acid groups (broad SMARTS) is 1. The fourth-order valence-corrected chi connectivity index (χ4v) is 10.9. The Balaban J connectivity index is 1.62. The molecule has 0 heterocycles. The number of hydrogen-bond acceptors (Lipinski definition) is 3. The topological polar surface area (TPSA) is 77.8 Å². The number of aliphatic carboxylic acids is 1. The highest BCUT2D eigenvalue weighted by Gasteiger charge is 2.71. The van der Waals surface area contributed by atoms with E-state index < -0.39 is 23.6 Å². The van der Waals surface area contributed by atoms with Gasteiger partial charge < -0.3 is 15.3 Å². The van der Waals surface area contributed by atoms with Crippen molar-refractivity contribution in [3.63, 3.8) is 0 Å². The van der Waals surface area contributed by atoms with E-state index in [-0.39, 0.29) is 33.5 Å². The molecule has 0 amide bonds. The summed E-state index contributed by atoms with van der Waals surface area (Å²) in [7, 11) is 0. The molecule has 4 fully saturated rings. The van der Waals surface area contributed by atoms with Crippen LogP contribution in [-0.2, 0) is 4.79 Å². The van der Waals surface area contributed by atoms with Gasteiger partial charge in [-0.15, -0.1) is 0 Å². The number of rotatable bonds is 1. The van der Waals surface area contributed by atoms with Crippen LogP contribution in [0.2, 0.25) is 0 Å². The fraction of sp³-hybridized carbons (Fsp3) is 0.900. The highest BCUT2D eigenvalue weighted by molar-refractivity contribution is 5.76. The monoisotopic (exact) mass is 472 g/mol. The van der Waals surface area contributed by atoms with Crippen molar-refractivity contribution in [1.29, 1.82) is 0 Å². The summed E-state index contributed by atoms with van der Waals surface area (Å²) in [5.41, 5.74) is 0.345. The number of aliphatic hydroxyl groups excluding tert-OH is 2. The highest BCUT2D eigenvalue weighted by Crippen LogP contribution is 2.75. The first-order chi connectivity index (χ1) is 15.7. The maximum atomic E-state index is 12.9. The van der Waals surface area contributed by atoms with E-state index in [0.29, 0.717) is 24.2 Å². The minimum Gasteiger partial charge on any atom is -0.481 e. The van der Waals surface area contributed by atoms with E-state index in [9.17, 15) is 20.1 Å². The molecule has 0 saturated heterocycles. The van der Waals surface area contributed by atoms with Gasteiger partial charge in [0.1, 0.15) is 0 Å². The zero-order valence-corrected chi connectivity index (χ0v) is 22.5. The lowest BCUT2D eigenvalue weighted by atomic mass is 9.33. The Hall–Kier alpha value is -0.870. The largest absolute Gasteiger partial charge is 0.481 e. The molecule has 0 aromatic rings. The summed E-state index contributed by atoms with van der Waals surface area (Å²) in [5.74, 6) is 1.12. The second-order valence-electron chi connectivity index (χ2n) is 14.6. The van der Waals surface area contributed by atoms with Gasteiger partial charge in [0, 0.05) is 11.8 Å². The van der Waals surface area contributed by atoms with Crippen molar-refractivity contribution in [3.8, 4) is 0 Å². The predicted octanol–water partition coefficient (Wildman–Crippen LogP) is 6.06. The smallest absolute Gasteiger partial charge is 0.309 e. The molecule has 11 atom stereocenters. The van der Waals surface area contributed by atoms with Gasteiger partial charge in [-0.1, -0.05) is 60.1 Å². The average Bonchev–Trinajstić information content (AvgIpc) is 2.76. The van der Waals surface area contributed by atoms with Crippen molar-refractivity contribution in [1.82, 2.24) is 0 Å². The molecule has 34 heavy (non-hydrogen) atoms. The summed E-state index contributed by atoms with van der Waals surface area (Å²) >= 11 is 0. The van der Waals surface area contributed by atoms with Crippen molar-refractivity contribution in [2.75, 3.05) is 0 Å². The molecule has 0 spiro atoms. The lowest BCUT2D eigenvalue weighted by molar-refractivity contribution is -0.218. The van der Waals surface area contributed by atoms with Crippen molar-refractivity contribution < 1.29 is 20.1 Å². The first-order valence-corrected chi connectivity index (χ1v) is 14.0. The van der Waals surface area contributed by atoms with Crippen LogP contribution in [0.15, 0.2) is 11.6 Å². The third kappa shape index (κ3) is 2.71. The molecule has 4 nitrogen and oxygen atoms in total. The number of allylic oxidation sites excluding steroid dienone is 2. The molecule has 3 unspecified atom stereocenters. The van der Waals surface area contributed by atoms with E-state index in [2.05, 4.69) is 54.5 Å². The average molecular weight is 473 g/mol. The van der Waals surface area contributed by atoms with Gasteiger partial charge in [0.15, 0.2) is 0 Å². The fourth-order valence-electron chi connectivity index (χ4n) is 10.9. The Morgan fingerprint density at radius 3 is 2.26 bits per heavy atom. The molecule has 192 valence electrons. The summed E-state index contributed by atoms with van der Waals surface area (Å²) < 4.78 is 0. The Morgan fingerprint density at radius 1 is 0.941 bits per heavy atom. The van der Waals surface area contributed by atoms with Crippen LogP contribution in [0, 0.1) is 56.7 Å². The minimum atomic E-state index is -0.592. The van der Waals surface area contributed by atoms with Crippen molar-refractivity contribution in [2.45, 2.75) is 112 Å². The van der Waals surface area contributed by atoms with Gasteiger partial charge in [0.25, 0.3) is 0 Å². The molecule has 0 aromatic carbocycles. The summed E-state index contributed by atoms with van der Waals surface area (Å²) in [6.07, 6.45) is 8.45. The maximum Gasteiger partial charge on any atom is 0.309 e. The van der Waals surface area contributed by atoms with Gasteiger partial charge in [-0.25, -0.2) is 0 Å². The van der Waals surface area contributed by atoms with Crippen molar-refractivity contribution >= 4 is 5.97 Å². The van der Waals surface area contributed by atoms with Crippen LogP contribution in [0.4, 0.5) is 0 Å². The second-order valence-corrected chi connectivity index (χ2v) is 14.6. The molecular weight excluding hydrogens is 424 g/mol. The minimum absolute atomic E-state index is 0.0429. The van der Waals surface area contributed by atoms with Crippen LogP contribution in [0.3, 0.4) is 0 Å². The number of aliphatic hydroxyl groups is 2. The Labute approximate surface area is 206 Å². The molecule has 0 bridgehead atoms. The van der Waals surface area contributed by atoms with Gasteiger partial charge in [-0.3, -0.25) is 4.79 Å². The highest BCUT2D eigenvalue weighted by atomic mass is 16.4. The Bertz CT molecular complexity index is 907. The second kappa shape index (κ2) is 7.34. The standard InChI is InChI=1S/C30H48O4/c1-17-10-13-30(25(33)34)15-14-27(5)19-8-9-21-26(3,4)22(31)16-23(32)29(21,7)20(19)11-12-28(27,6)24(30)18(17)2/h8,17-18,20-24,31-32H,9-16H2,1-7H3,(H,33,34)/t17-,18+,20?,21?,22+,23+,24?,27-,28+,29-,30+/m1/s1. The number of carbonyl (C=O) groups is 1. The Kier molecular flexibility index (Phi) is 5.36. The molecule has 4 saturated carbocycles. The van der Waals surface area contributed by atoms with Crippen molar-refractivity contribution in [2.24, 2.45) is 56.7 Å². The van der Waals surface area contributed by atoms with Gasteiger partial charge in [0.2, 0.25) is 0 Å². The predicted molar refractivity (Wildman–Crippen MR) is 134 cm³/mol. The quantitative estimate of drug-likeness (QED) is 0.405. The van der Waals surface area contributed by atoms with Crippen LogP contribution in [0.1, 0.15) is 99.8 Å². The van der Waals surface area contributed by atoms with Crippen LogP contribution in [0.25, 0.3) is 0 Å². The molecule has 0 aliphatic heterocycles. The van der Waals surface area contributed by atoms with E-state index in [1.807, 2.05) is 0 Å². The van der Waals surface area contributed by atoms with Gasteiger partial charge >= 0.3 is 5.97 Å². The summed E-state index contributed by atoms with van der Waals surface area (Å²) in [6.45, 7) is 16.2. The normalized spacial score (nSPS) is 56.3. The summed E-state index contributed by atoms with van der Waals surface area (Å²) in [6, 6.07) is 0. The summed E-state index contributed by atoms with van der Waals surface area (Å²) in [4.78, 5) is 12.9. The van der Waals surface area contributed by atoms with E-state index in [1.54, 1.807) is 0 Å². The van der Waals surface area contributed by atoms with Crippen LogP contribution in [0.5, 0.6) is 0 Å². The maximum absolute atomic E-state index is 12.9. The van der Waals surface area contributed by atoms with Gasteiger partial charge in [-0.2, -0.15) is 0 Å². The first kappa shape index (κ1) is 24.8. The number of fused-ring (bicyclic) bond motifs is 7. The van der Waals surface area contributed by atoms with E-state index in [0.717, 1.165) is 44.9 Å². The van der Waals surface area contributed by atoms with E-state index in [4.69, 9.17) is 0 Å². The molecule has 3 N–H and O–H groups in total. The van der Waals surface area contributed by atoms with Crippen LogP contribution in [-0.4, -0.2) is 33.5 Å². The van der Waals surface area contributed by atoms with Gasteiger partial charge in [-0.05, 0) is 90.8 Å². The SMILES string of the molecule is C[C@@H]1CC[C@]2(C(=O)O)CC[C@]3(C)C4=CCC5C(C)(C)[C@@H](O)C[C@H](O)[C@]5(C)C4CC[C@@]3(C)C2[C@H]1C. The summed E-state index contributed by atoms with van der Waals surface area (Å²) in [5, 5.41) is 32.9. The lowest BCUT2D eigenvalue weighted by Crippen LogP contribution is -2.67. The van der Waals surface area contributed by atoms with Crippen LogP contribution < -0.4 is 0 Å². The third-order valence-corrected chi connectivity index (χ3v) is 13.5.